The standard InChI is InChI=1S/C60H64O16Si12/c1-9-77(5)61-78(6,10-2)64-82(54-39-23-14-24-40-54)69-87(59-49-33-19-34-50-59)73-84(56-43-27-16-28-44-56)66-80(8,12-4)62-79(7,11-3)65-83(55-41-25-15-26-42-55)71-85(75-87,57-45-29-17-30-46-57)67-81(63-77,53-37-21-13-22-38-53)68-86(72-83,58-47-31-18-32-48-58)76-88(70-82,74-84)60-51-35-20-36-52-60/h9-52H,1-4H2,5-8H3. The first kappa shape index (κ1) is 61.5. The minimum Gasteiger partial charge on any atom is -0.409 e. The minimum atomic E-state index is -5.42. The quantitative estimate of drug-likeness (QED) is 0.126. The molecule has 8 aromatic rings. The molecular weight excluding hydrogens is 1310 g/mol. The summed E-state index contributed by atoms with van der Waals surface area (Å²) < 4.78 is 134. The van der Waals surface area contributed by atoms with Crippen LogP contribution >= 0.6 is 0 Å². The number of benzene rings is 8. The lowest BCUT2D eigenvalue weighted by atomic mass is 10.4. The molecular formula is C60H64O16Si12. The summed E-state index contributed by atoms with van der Waals surface area (Å²) in [6.07, 6.45) is 0. The van der Waals surface area contributed by atoms with E-state index in [0.717, 1.165) is 0 Å². The summed E-state index contributed by atoms with van der Waals surface area (Å²) in [7, 11) is -58.9. The van der Waals surface area contributed by atoms with Crippen LogP contribution in [0.4, 0.5) is 0 Å². The molecule has 0 amide bonds. The predicted molar refractivity (Wildman–Crippen MR) is 359 cm³/mol. The maximum atomic E-state index is 8.69. The van der Waals surface area contributed by atoms with Crippen LogP contribution in [-0.4, -0.2) is 105 Å². The molecule has 8 heterocycles. The van der Waals surface area contributed by atoms with Crippen LogP contribution in [0.1, 0.15) is 0 Å². The molecule has 8 aliphatic heterocycles. The maximum Gasteiger partial charge on any atom is 0.515 e. The Labute approximate surface area is 526 Å². The maximum absolute atomic E-state index is 8.69. The minimum absolute atomic E-state index is 0.394. The van der Waals surface area contributed by atoms with Gasteiger partial charge in [-0.3, -0.25) is 0 Å². The Bertz CT molecular complexity index is 3320. The van der Waals surface area contributed by atoms with E-state index in [0.29, 0.717) is 41.5 Å². The molecule has 88 heavy (non-hydrogen) atoms. The van der Waals surface area contributed by atoms with Crippen molar-refractivity contribution in [2.75, 3.05) is 0 Å². The molecule has 8 aliphatic rings. The van der Waals surface area contributed by atoms with Gasteiger partial charge in [-0.25, -0.2) is 0 Å². The van der Waals surface area contributed by atoms with Gasteiger partial charge in [0.2, 0.25) is 0 Å². The largest absolute Gasteiger partial charge is 0.515 e. The topological polar surface area (TPSA) is 148 Å². The highest BCUT2D eigenvalue weighted by Gasteiger charge is 2.82. The van der Waals surface area contributed by atoms with E-state index in [2.05, 4.69) is 26.3 Å². The van der Waals surface area contributed by atoms with Gasteiger partial charge in [-0.2, -0.15) is 0 Å². The molecule has 8 fully saturated rings. The Balaban J connectivity index is 1.35. The van der Waals surface area contributed by atoms with Crippen molar-refractivity contribution >= 4 is 146 Å². The third-order valence-electron chi connectivity index (χ3n) is 15.3. The molecule has 4 unspecified atom stereocenters. The molecule has 0 aromatic heterocycles. The SMILES string of the molecule is C=C[Si]1(C)O[Si](C)(C=C)O[Si]2(c3ccccc3)O[Si]3(c4ccccc4)O[Si]4(c5ccccc5)O[Si](C)(C=C)O[Si](C)(C=C)O[Si]5(c6ccccc6)O[Si](c6ccccc6)(O[Si](c6ccccc6)(O1)O[Si](c1ccccc1)(O5)O[Si](c1ccccc1)(O2)O4)O3. The first-order chi connectivity index (χ1) is 42.4. The number of hydrogen-bond donors (Lipinski definition) is 0. The summed E-state index contributed by atoms with van der Waals surface area (Å²) in [6, 6.07) is 75.3. The fourth-order valence-corrected chi connectivity index (χ4v) is 74.2. The highest BCUT2D eigenvalue weighted by molar-refractivity contribution is 7.12. The predicted octanol–water partition coefficient (Wildman–Crippen LogP) is 6.28. The van der Waals surface area contributed by atoms with E-state index in [-0.39, 0.29) is 0 Å². The van der Waals surface area contributed by atoms with Crippen LogP contribution in [0, 0.1) is 0 Å². The fraction of sp³-hybridized carbons (Fsp3) is 0.0667. The summed E-state index contributed by atoms with van der Waals surface area (Å²) in [5.41, 5.74) is 6.71. The van der Waals surface area contributed by atoms with Crippen LogP contribution in [0.3, 0.4) is 0 Å². The lowest BCUT2D eigenvalue weighted by Gasteiger charge is -2.59. The van der Waals surface area contributed by atoms with Gasteiger partial charge in [-0.15, -0.1) is 26.3 Å². The van der Waals surface area contributed by atoms with Crippen molar-refractivity contribution in [2.45, 2.75) is 26.2 Å². The Morgan fingerprint density at radius 3 is 0.409 bits per heavy atom. The van der Waals surface area contributed by atoms with Crippen LogP contribution < -0.4 is 41.5 Å². The Morgan fingerprint density at radius 2 is 0.295 bits per heavy atom. The van der Waals surface area contributed by atoms with Gasteiger partial charge in [0, 0.05) is 41.5 Å². The van der Waals surface area contributed by atoms with E-state index in [1.807, 2.05) is 269 Å². The highest BCUT2D eigenvalue weighted by atomic mass is 28.6. The van der Waals surface area contributed by atoms with Gasteiger partial charge in [0.05, 0.1) is 0 Å². The number of rotatable bonds is 12. The fourth-order valence-electron chi connectivity index (χ4n) is 11.1. The monoisotopic (exact) mass is 1380 g/mol. The molecule has 28 heteroatoms. The normalized spacial score (nSPS) is 36.4. The van der Waals surface area contributed by atoms with Gasteiger partial charge in [0.15, 0.2) is 0 Å². The Kier molecular flexibility index (Phi) is 16.4. The molecule has 8 bridgehead atoms. The van der Waals surface area contributed by atoms with Crippen molar-refractivity contribution < 1.29 is 65.8 Å². The van der Waals surface area contributed by atoms with Gasteiger partial charge in [-0.1, -0.05) is 265 Å². The third-order valence-corrected chi connectivity index (χ3v) is 65.4. The summed E-state index contributed by atoms with van der Waals surface area (Å²) in [6.45, 7) is 25.3. The zero-order valence-corrected chi connectivity index (χ0v) is 60.8. The summed E-state index contributed by atoms with van der Waals surface area (Å²) >= 11 is 0. The smallest absolute Gasteiger partial charge is 0.409 e. The third kappa shape index (κ3) is 11.1. The Hall–Kier alpha value is -5.32. The van der Waals surface area contributed by atoms with Crippen molar-refractivity contribution in [3.63, 3.8) is 0 Å². The molecule has 0 aliphatic carbocycles. The molecule has 16 nitrogen and oxygen atoms in total. The average Bonchev–Trinajstić information content (AvgIpc) is 0.692. The van der Waals surface area contributed by atoms with Crippen LogP contribution in [0.15, 0.2) is 292 Å². The highest BCUT2D eigenvalue weighted by Crippen LogP contribution is 2.46. The van der Waals surface area contributed by atoms with E-state index in [1.165, 1.54) is 0 Å². The van der Waals surface area contributed by atoms with E-state index in [1.54, 1.807) is 22.8 Å². The van der Waals surface area contributed by atoms with Crippen molar-refractivity contribution in [3.05, 3.63) is 292 Å². The van der Waals surface area contributed by atoms with Crippen LogP contribution in [0.5, 0.6) is 0 Å². The van der Waals surface area contributed by atoms with E-state index < -0.39 is 105 Å². The van der Waals surface area contributed by atoms with Crippen molar-refractivity contribution in [1.82, 2.24) is 0 Å². The van der Waals surface area contributed by atoms with Gasteiger partial charge in [-0.05, 0) is 26.2 Å². The first-order valence-corrected chi connectivity index (χ1v) is 52.0. The second kappa shape index (κ2) is 23.4. The Morgan fingerprint density at radius 1 is 0.182 bits per heavy atom. The molecule has 8 saturated heterocycles. The molecule has 4 atom stereocenters. The zero-order valence-electron chi connectivity index (χ0n) is 48.8. The molecule has 0 radical (unpaired) electrons. The molecule has 8 aromatic carbocycles. The molecule has 448 valence electrons. The van der Waals surface area contributed by atoms with Crippen LogP contribution in [0.2, 0.25) is 26.2 Å². The average molecular weight is 1380 g/mol. The molecule has 0 spiro atoms. The zero-order chi connectivity index (χ0) is 61.0. The molecule has 0 saturated carbocycles. The summed E-state index contributed by atoms with van der Waals surface area (Å²) in [5.74, 6) is 0. The second-order valence-corrected chi connectivity index (χ2v) is 58.2. The van der Waals surface area contributed by atoms with Gasteiger partial charge in [0.1, 0.15) is 0 Å². The van der Waals surface area contributed by atoms with Gasteiger partial charge < -0.3 is 65.8 Å². The van der Waals surface area contributed by atoms with E-state index >= 15 is 0 Å². The second-order valence-electron chi connectivity index (χ2n) is 21.9. The van der Waals surface area contributed by atoms with Crippen LogP contribution in [0.25, 0.3) is 0 Å². The number of hydrogen-bond acceptors (Lipinski definition) is 16. The van der Waals surface area contributed by atoms with Gasteiger partial charge >= 0.3 is 105 Å². The summed E-state index contributed by atoms with van der Waals surface area (Å²) in [4.78, 5) is 0. The van der Waals surface area contributed by atoms with E-state index in [9.17, 15) is 0 Å². The van der Waals surface area contributed by atoms with E-state index in [4.69, 9.17) is 65.8 Å². The van der Waals surface area contributed by atoms with Crippen LogP contribution in [-0.2, 0) is 65.8 Å². The molecule has 0 N–H and O–H groups in total. The number of fused-ring (bicyclic) bond motifs is 8. The molecule has 16 rings (SSSR count). The van der Waals surface area contributed by atoms with Crippen molar-refractivity contribution in [2.24, 2.45) is 0 Å². The first-order valence-electron chi connectivity index (χ1n) is 28.6. The van der Waals surface area contributed by atoms with Crippen molar-refractivity contribution in [3.8, 4) is 0 Å². The lowest BCUT2D eigenvalue weighted by molar-refractivity contribution is 0.0383. The van der Waals surface area contributed by atoms with Crippen molar-refractivity contribution in [1.29, 1.82) is 0 Å². The van der Waals surface area contributed by atoms with Gasteiger partial charge in [0.25, 0.3) is 0 Å². The lowest BCUT2D eigenvalue weighted by Crippen LogP contribution is -2.92. The summed E-state index contributed by atoms with van der Waals surface area (Å²) in [5, 5.41) is 3.34.